The van der Waals surface area contributed by atoms with Crippen LogP contribution < -0.4 is 4.74 Å². The molecule has 3 nitrogen and oxygen atoms in total. The third-order valence-electron chi connectivity index (χ3n) is 1.95. The molecule has 86 valence electrons. The van der Waals surface area contributed by atoms with E-state index in [4.69, 9.17) is 4.74 Å². The van der Waals surface area contributed by atoms with Crippen molar-refractivity contribution in [1.29, 1.82) is 0 Å². The van der Waals surface area contributed by atoms with Crippen molar-refractivity contribution in [2.45, 2.75) is 6.92 Å². The summed E-state index contributed by atoms with van der Waals surface area (Å²) in [7, 11) is 0. The van der Waals surface area contributed by atoms with E-state index < -0.39 is 0 Å². The van der Waals surface area contributed by atoms with E-state index in [1.165, 1.54) is 13.0 Å². The molecular weight excluding hydrogens is 272 g/mol. The predicted molar refractivity (Wildman–Crippen MR) is 66.5 cm³/mol. The van der Waals surface area contributed by atoms with Gasteiger partial charge >= 0.3 is 0 Å². The van der Waals surface area contributed by atoms with Crippen LogP contribution in [-0.4, -0.2) is 22.8 Å². The number of allylic oxidation sites excluding steroid dienone is 1. The fourth-order valence-electron chi connectivity index (χ4n) is 1.17. The van der Waals surface area contributed by atoms with Gasteiger partial charge in [0.2, 0.25) is 0 Å². The highest BCUT2D eigenvalue weighted by Gasteiger charge is 2.06. The van der Waals surface area contributed by atoms with Crippen molar-refractivity contribution < 1.29 is 14.6 Å². The number of carbonyl (C=O) groups is 1. The summed E-state index contributed by atoms with van der Waals surface area (Å²) >= 11 is 3.25. The van der Waals surface area contributed by atoms with Gasteiger partial charge in [-0.2, -0.15) is 0 Å². The van der Waals surface area contributed by atoms with E-state index in [1.807, 2.05) is 12.2 Å². The number of phenols is 1. The molecule has 0 unspecified atom stereocenters. The molecule has 1 N–H and O–H groups in total. The van der Waals surface area contributed by atoms with Gasteiger partial charge in [0.25, 0.3) is 0 Å². The van der Waals surface area contributed by atoms with Gasteiger partial charge in [-0.3, -0.25) is 4.79 Å². The highest BCUT2D eigenvalue weighted by atomic mass is 79.9. The first-order valence-corrected chi connectivity index (χ1v) is 5.95. The molecule has 0 aliphatic rings. The van der Waals surface area contributed by atoms with Crippen LogP contribution in [0.3, 0.4) is 0 Å². The van der Waals surface area contributed by atoms with Crippen LogP contribution in [0.4, 0.5) is 0 Å². The van der Waals surface area contributed by atoms with Crippen molar-refractivity contribution >= 4 is 21.7 Å². The summed E-state index contributed by atoms with van der Waals surface area (Å²) in [5, 5.41) is 10.3. The lowest BCUT2D eigenvalue weighted by atomic mass is 10.1. The molecule has 0 saturated heterocycles. The average Bonchev–Trinajstić information content (AvgIpc) is 2.24. The largest absolute Gasteiger partial charge is 0.507 e. The van der Waals surface area contributed by atoms with Gasteiger partial charge in [0.05, 0.1) is 5.56 Å². The van der Waals surface area contributed by atoms with Crippen LogP contribution in [0.1, 0.15) is 17.3 Å². The number of hydrogen-bond donors (Lipinski definition) is 1. The number of ether oxygens (including phenoxy) is 1. The monoisotopic (exact) mass is 284 g/mol. The Morgan fingerprint density at radius 1 is 1.50 bits per heavy atom. The number of rotatable bonds is 5. The number of benzene rings is 1. The third kappa shape index (κ3) is 3.70. The number of ketones is 1. The topological polar surface area (TPSA) is 46.5 Å². The van der Waals surface area contributed by atoms with E-state index in [-0.39, 0.29) is 11.5 Å². The minimum Gasteiger partial charge on any atom is -0.507 e. The standard InChI is InChI=1S/C12H13BrO3/c1-9(14)11-5-4-10(8-12(11)15)16-7-3-2-6-13/h2-5,8,15H,6-7H2,1H3. The normalized spacial score (nSPS) is 10.6. The highest BCUT2D eigenvalue weighted by Crippen LogP contribution is 2.23. The molecule has 0 saturated carbocycles. The van der Waals surface area contributed by atoms with Crippen LogP contribution in [0.15, 0.2) is 30.4 Å². The molecule has 1 aromatic rings. The fourth-order valence-corrected chi connectivity index (χ4v) is 1.44. The van der Waals surface area contributed by atoms with Gasteiger partial charge in [-0.25, -0.2) is 0 Å². The van der Waals surface area contributed by atoms with E-state index >= 15 is 0 Å². The summed E-state index contributed by atoms with van der Waals surface area (Å²) in [5.41, 5.74) is 0.309. The minimum absolute atomic E-state index is 0.0468. The van der Waals surface area contributed by atoms with Gasteiger partial charge in [0.1, 0.15) is 18.1 Å². The van der Waals surface area contributed by atoms with Gasteiger partial charge in [0, 0.05) is 11.4 Å². The molecule has 0 atom stereocenters. The SMILES string of the molecule is CC(=O)c1ccc(OCC=CCBr)cc1O. The Bertz CT molecular complexity index is 399. The first-order valence-electron chi connectivity index (χ1n) is 4.83. The Kier molecular flexibility index (Phi) is 5.05. The summed E-state index contributed by atoms with van der Waals surface area (Å²) in [4.78, 5) is 11.1. The van der Waals surface area contributed by atoms with Crippen LogP contribution in [-0.2, 0) is 0 Å². The molecule has 0 radical (unpaired) electrons. The second-order valence-corrected chi connectivity index (χ2v) is 3.82. The lowest BCUT2D eigenvalue weighted by molar-refractivity contribution is 0.101. The number of aromatic hydroxyl groups is 1. The Morgan fingerprint density at radius 2 is 2.25 bits per heavy atom. The number of carbonyl (C=O) groups excluding carboxylic acids is 1. The van der Waals surface area contributed by atoms with Gasteiger partial charge in [0.15, 0.2) is 5.78 Å². The molecule has 0 aliphatic carbocycles. The van der Waals surface area contributed by atoms with Gasteiger partial charge in [-0.1, -0.05) is 28.1 Å². The molecule has 16 heavy (non-hydrogen) atoms. The maximum absolute atomic E-state index is 11.1. The van der Waals surface area contributed by atoms with Gasteiger partial charge in [-0.05, 0) is 19.1 Å². The van der Waals surface area contributed by atoms with E-state index in [1.54, 1.807) is 12.1 Å². The van der Waals surface area contributed by atoms with Gasteiger partial charge in [-0.15, -0.1) is 0 Å². The Hall–Kier alpha value is -1.29. The average molecular weight is 285 g/mol. The van der Waals surface area contributed by atoms with Crippen LogP contribution >= 0.6 is 15.9 Å². The maximum Gasteiger partial charge on any atom is 0.163 e. The summed E-state index contributed by atoms with van der Waals surface area (Å²) in [5.74, 6) is 0.333. The zero-order valence-corrected chi connectivity index (χ0v) is 10.5. The zero-order valence-electron chi connectivity index (χ0n) is 8.94. The van der Waals surface area contributed by atoms with Crippen molar-refractivity contribution in [2.24, 2.45) is 0 Å². The van der Waals surface area contributed by atoms with Crippen molar-refractivity contribution in [1.82, 2.24) is 0 Å². The van der Waals surface area contributed by atoms with Gasteiger partial charge < -0.3 is 9.84 Å². The predicted octanol–water partition coefficient (Wildman–Crippen LogP) is 2.92. The molecule has 0 bridgehead atoms. The first-order chi connectivity index (χ1) is 7.65. The van der Waals surface area contributed by atoms with Crippen molar-refractivity contribution in [3.8, 4) is 11.5 Å². The summed E-state index contributed by atoms with van der Waals surface area (Å²) in [6.45, 7) is 1.85. The summed E-state index contributed by atoms with van der Waals surface area (Å²) < 4.78 is 5.34. The molecule has 1 aromatic carbocycles. The Labute approximate surface area is 103 Å². The Balaban J connectivity index is 2.66. The molecule has 0 aliphatic heterocycles. The summed E-state index contributed by atoms with van der Waals surface area (Å²) in [6.07, 6.45) is 3.79. The zero-order chi connectivity index (χ0) is 12.0. The molecular formula is C12H13BrO3. The molecule has 0 heterocycles. The van der Waals surface area contributed by atoms with Crippen molar-refractivity contribution in [3.63, 3.8) is 0 Å². The molecule has 0 fully saturated rings. The number of Topliss-reactive ketones (excluding diaryl/α,β-unsaturated/α-hetero) is 1. The van der Waals surface area contributed by atoms with Crippen molar-refractivity contribution in [3.05, 3.63) is 35.9 Å². The lowest BCUT2D eigenvalue weighted by Crippen LogP contribution is -1.96. The van der Waals surface area contributed by atoms with Crippen LogP contribution in [0, 0.1) is 0 Å². The first kappa shape index (κ1) is 12.8. The number of alkyl halides is 1. The minimum atomic E-state index is -0.164. The van der Waals surface area contributed by atoms with Crippen LogP contribution in [0.5, 0.6) is 11.5 Å². The van der Waals surface area contributed by atoms with Crippen LogP contribution in [0.2, 0.25) is 0 Å². The van der Waals surface area contributed by atoms with Crippen LogP contribution in [0.25, 0.3) is 0 Å². The maximum atomic E-state index is 11.1. The molecule has 4 heteroatoms. The fraction of sp³-hybridized carbons (Fsp3) is 0.250. The number of halogens is 1. The number of phenolic OH excluding ortho intramolecular Hbond substituents is 1. The molecule has 0 spiro atoms. The second-order valence-electron chi connectivity index (χ2n) is 3.17. The highest BCUT2D eigenvalue weighted by molar-refractivity contribution is 9.09. The van der Waals surface area contributed by atoms with E-state index in [9.17, 15) is 9.90 Å². The molecule has 0 amide bonds. The van der Waals surface area contributed by atoms with E-state index in [0.717, 1.165) is 5.33 Å². The van der Waals surface area contributed by atoms with Crippen molar-refractivity contribution in [2.75, 3.05) is 11.9 Å². The second kappa shape index (κ2) is 6.33. The molecule has 0 aromatic heterocycles. The molecule has 1 rings (SSSR count). The number of hydrogen-bond acceptors (Lipinski definition) is 3. The van der Waals surface area contributed by atoms with E-state index in [2.05, 4.69) is 15.9 Å². The third-order valence-corrected chi connectivity index (χ3v) is 2.32. The lowest BCUT2D eigenvalue weighted by Gasteiger charge is -2.05. The smallest absolute Gasteiger partial charge is 0.163 e. The quantitative estimate of drug-likeness (QED) is 0.514. The van der Waals surface area contributed by atoms with E-state index in [0.29, 0.717) is 17.9 Å². The Morgan fingerprint density at radius 3 is 2.81 bits per heavy atom. The summed E-state index contributed by atoms with van der Waals surface area (Å²) in [6, 6.07) is 4.67.